The number of carbonyl (C=O) groups is 1. The Hall–Kier alpha value is -1.17. The van der Waals surface area contributed by atoms with Gasteiger partial charge in [-0.15, -0.1) is 23.1 Å². The number of unbranched alkanes of at least 4 members (excludes halogenated alkanes) is 1. The molecule has 2 heterocycles. The van der Waals surface area contributed by atoms with Gasteiger partial charge in [0.2, 0.25) is 5.78 Å². The number of aromatic nitrogens is 1. The van der Waals surface area contributed by atoms with Gasteiger partial charge in [-0.25, -0.2) is 4.98 Å². The van der Waals surface area contributed by atoms with Gasteiger partial charge in [-0.1, -0.05) is 19.4 Å². The molecule has 0 saturated heterocycles. The average Bonchev–Trinajstić information content (AvgIpc) is 3.06. The molecular weight excluding hydrogens is 324 g/mol. The van der Waals surface area contributed by atoms with Crippen LogP contribution >= 0.6 is 23.1 Å². The number of thioether (sulfide) groups is 1. The summed E-state index contributed by atoms with van der Waals surface area (Å²) in [6.07, 6.45) is 5.32. The van der Waals surface area contributed by atoms with Gasteiger partial charge in [0.05, 0.1) is 10.4 Å². The highest BCUT2D eigenvalue weighted by molar-refractivity contribution is 7.99. The molecule has 3 nitrogen and oxygen atoms in total. The fraction of sp³-hybridized carbons (Fsp3) is 0.444. The van der Waals surface area contributed by atoms with E-state index in [0.717, 1.165) is 28.4 Å². The van der Waals surface area contributed by atoms with Crippen LogP contribution in [0.25, 0.3) is 0 Å². The van der Waals surface area contributed by atoms with Crippen LogP contribution in [0.5, 0.6) is 0 Å². The molecule has 0 saturated carbocycles. The highest BCUT2D eigenvalue weighted by Crippen LogP contribution is 2.29. The Balaban J connectivity index is 1.96. The standard InChI is InChI=1S/C18H24N2OS2/c1-14(8-4-5-12-20(2)3)23-18-15(9-6-11-19-18)17(21)16-10-7-13-22-16/h6-7,9-11,13-14H,4-5,8,12H2,1-3H3. The summed E-state index contributed by atoms with van der Waals surface area (Å²) < 4.78 is 0. The van der Waals surface area contributed by atoms with Crippen molar-refractivity contribution in [3.8, 4) is 0 Å². The molecule has 1 unspecified atom stereocenters. The monoisotopic (exact) mass is 348 g/mol. The zero-order valence-corrected chi connectivity index (χ0v) is 15.6. The normalized spacial score (nSPS) is 12.5. The predicted octanol–water partition coefficient (Wildman–Crippen LogP) is 4.59. The Morgan fingerprint density at radius 3 is 2.83 bits per heavy atom. The van der Waals surface area contributed by atoms with Crippen molar-refractivity contribution in [2.75, 3.05) is 20.6 Å². The first kappa shape index (κ1) is 18.2. The zero-order chi connectivity index (χ0) is 16.7. The zero-order valence-electron chi connectivity index (χ0n) is 14.0. The molecule has 0 aliphatic carbocycles. The van der Waals surface area contributed by atoms with Crippen LogP contribution in [0.1, 0.15) is 41.4 Å². The summed E-state index contributed by atoms with van der Waals surface area (Å²) in [6, 6.07) is 7.51. The van der Waals surface area contributed by atoms with Gasteiger partial charge < -0.3 is 4.90 Å². The number of thiophene rings is 1. The summed E-state index contributed by atoms with van der Waals surface area (Å²) >= 11 is 3.20. The first-order valence-electron chi connectivity index (χ1n) is 7.92. The van der Waals surface area contributed by atoms with Gasteiger partial charge in [0.1, 0.15) is 5.03 Å². The van der Waals surface area contributed by atoms with Crippen molar-refractivity contribution in [3.05, 3.63) is 46.3 Å². The smallest absolute Gasteiger partial charge is 0.205 e. The summed E-state index contributed by atoms with van der Waals surface area (Å²) in [5.74, 6) is 0.0791. The molecule has 0 radical (unpaired) electrons. The Morgan fingerprint density at radius 1 is 1.30 bits per heavy atom. The summed E-state index contributed by atoms with van der Waals surface area (Å²) in [5, 5.41) is 3.25. The van der Waals surface area contributed by atoms with Crippen LogP contribution in [-0.4, -0.2) is 41.6 Å². The Bertz CT molecular complexity index is 611. The molecule has 2 aromatic rings. The molecular formula is C18H24N2OS2. The van der Waals surface area contributed by atoms with Crippen molar-refractivity contribution >= 4 is 28.9 Å². The molecule has 2 aromatic heterocycles. The molecule has 0 aliphatic heterocycles. The average molecular weight is 349 g/mol. The molecule has 5 heteroatoms. The maximum Gasteiger partial charge on any atom is 0.205 e. The molecule has 0 bridgehead atoms. The lowest BCUT2D eigenvalue weighted by molar-refractivity contribution is 0.103. The van der Waals surface area contributed by atoms with Crippen LogP contribution in [0.3, 0.4) is 0 Å². The molecule has 0 aliphatic rings. The lowest BCUT2D eigenvalue weighted by Crippen LogP contribution is -2.13. The van der Waals surface area contributed by atoms with Crippen molar-refractivity contribution in [2.24, 2.45) is 0 Å². The second-order valence-corrected chi connectivity index (χ2v) is 8.26. The topological polar surface area (TPSA) is 33.2 Å². The summed E-state index contributed by atoms with van der Waals surface area (Å²) in [4.78, 5) is 20.0. The van der Waals surface area contributed by atoms with Crippen molar-refractivity contribution in [3.63, 3.8) is 0 Å². The lowest BCUT2D eigenvalue weighted by Gasteiger charge is -2.14. The number of pyridine rings is 1. The van der Waals surface area contributed by atoms with Crippen molar-refractivity contribution in [2.45, 2.75) is 36.5 Å². The number of rotatable bonds is 9. The quantitative estimate of drug-likeness (QED) is 0.377. The van der Waals surface area contributed by atoms with E-state index in [1.54, 1.807) is 18.0 Å². The van der Waals surface area contributed by atoms with E-state index < -0.39 is 0 Å². The van der Waals surface area contributed by atoms with Gasteiger partial charge in [0.15, 0.2) is 0 Å². The van der Waals surface area contributed by atoms with Crippen LogP contribution in [-0.2, 0) is 0 Å². The summed E-state index contributed by atoms with van der Waals surface area (Å²) in [6.45, 7) is 3.34. The van der Waals surface area contributed by atoms with Crippen molar-refractivity contribution in [1.29, 1.82) is 0 Å². The van der Waals surface area contributed by atoms with Crippen molar-refractivity contribution in [1.82, 2.24) is 9.88 Å². The van der Waals surface area contributed by atoms with Crippen LogP contribution in [0, 0.1) is 0 Å². The molecule has 0 spiro atoms. The highest BCUT2D eigenvalue weighted by Gasteiger charge is 2.17. The number of ketones is 1. The molecule has 0 aromatic carbocycles. The molecule has 23 heavy (non-hydrogen) atoms. The van der Waals surface area contributed by atoms with Gasteiger partial charge in [-0.3, -0.25) is 4.79 Å². The SMILES string of the molecule is CC(CCCCN(C)C)Sc1ncccc1C(=O)c1cccs1. The molecule has 0 N–H and O–H groups in total. The second-order valence-electron chi connectivity index (χ2n) is 5.89. The molecule has 0 amide bonds. The third-order valence-electron chi connectivity index (χ3n) is 3.54. The minimum atomic E-state index is 0.0791. The van der Waals surface area contributed by atoms with E-state index in [1.165, 1.54) is 24.2 Å². The fourth-order valence-corrected chi connectivity index (χ4v) is 4.06. The van der Waals surface area contributed by atoms with E-state index in [2.05, 4.69) is 30.9 Å². The third-order valence-corrected chi connectivity index (χ3v) is 5.59. The van der Waals surface area contributed by atoms with E-state index in [1.807, 2.05) is 29.6 Å². The maximum atomic E-state index is 12.6. The van der Waals surface area contributed by atoms with Gasteiger partial charge in [0.25, 0.3) is 0 Å². The third kappa shape index (κ3) is 5.75. The number of nitrogens with zero attached hydrogens (tertiary/aromatic N) is 2. The molecule has 2 rings (SSSR count). The molecule has 124 valence electrons. The van der Waals surface area contributed by atoms with E-state index >= 15 is 0 Å². The van der Waals surface area contributed by atoms with Gasteiger partial charge >= 0.3 is 0 Å². The Labute approximate surface area is 147 Å². The minimum Gasteiger partial charge on any atom is -0.309 e. The first-order valence-corrected chi connectivity index (χ1v) is 9.68. The Kier molecular flexibility index (Phi) is 7.27. The maximum absolute atomic E-state index is 12.6. The Morgan fingerprint density at radius 2 is 2.13 bits per heavy atom. The van der Waals surface area contributed by atoms with Crippen molar-refractivity contribution < 1.29 is 4.79 Å². The van der Waals surface area contributed by atoms with E-state index in [4.69, 9.17) is 0 Å². The van der Waals surface area contributed by atoms with Gasteiger partial charge in [-0.05, 0) is 57.1 Å². The number of carbonyl (C=O) groups excluding carboxylic acids is 1. The lowest BCUT2D eigenvalue weighted by atomic mass is 10.1. The second kappa shape index (κ2) is 9.21. The summed E-state index contributed by atoms with van der Waals surface area (Å²) in [7, 11) is 4.21. The molecule has 1 atom stereocenters. The largest absolute Gasteiger partial charge is 0.309 e. The number of hydrogen-bond acceptors (Lipinski definition) is 5. The fourth-order valence-electron chi connectivity index (χ4n) is 2.31. The highest BCUT2D eigenvalue weighted by atomic mass is 32.2. The number of hydrogen-bond donors (Lipinski definition) is 0. The van der Waals surface area contributed by atoms with Gasteiger partial charge in [0, 0.05) is 11.4 Å². The minimum absolute atomic E-state index is 0.0791. The first-order chi connectivity index (χ1) is 11.1. The van der Waals surface area contributed by atoms with E-state index in [9.17, 15) is 4.79 Å². The van der Waals surface area contributed by atoms with Crippen LogP contribution < -0.4 is 0 Å². The van der Waals surface area contributed by atoms with Gasteiger partial charge in [-0.2, -0.15) is 0 Å². The predicted molar refractivity (Wildman–Crippen MR) is 99.7 cm³/mol. The van der Waals surface area contributed by atoms with Crippen LogP contribution in [0.15, 0.2) is 40.9 Å². The van der Waals surface area contributed by atoms with E-state index in [0.29, 0.717) is 5.25 Å². The van der Waals surface area contributed by atoms with Crippen LogP contribution in [0.2, 0.25) is 0 Å². The summed E-state index contributed by atoms with van der Waals surface area (Å²) in [5.41, 5.74) is 0.722. The van der Waals surface area contributed by atoms with Crippen LogP contribution in [0.4, 0.5) is 0 Å². The molecule has 0 fully saturated rings. The van der Waals surface area contributed by atoms with E-state index in [-0.39, 0.29) is 5.78 Å².